The minimum absolute atomic E-state index is 0. The molecule has 1 rings (SSSR count). The van der Waals surface area contributed by atoms with Gasteiger partial charge in [0.25, 0.3) is 0 Å². The second-order valence-corrected chi connectivity index (χ2v) is 5.45. The minimum atomic E-state index is -0.0530. The Morgan fingerprint density at radius 2 is 2.00 bits per heavy atom. The van der Waals surface area contributed by atoms with Crippen molar-refractivity contribution in [3.8, 4) is 0 Å². The number of unbranched alkanes of at least 4 members (excludes halogenated alkanes) is 1. The van der Waals surface area contributed by atoms with Gasteiger partial charge in [-0.1, -0.05) is 18.2 Å². The molecule has 0 radical (unpaired) electrons. The number of aliphatic imine (C=N–C) groups is 1. The molecule has 134 valence electrons. The highest BCUT2D eigenvalue weighted by Gasteiger charge is 2.04. The lowest BCUT2D eigenvalue weighted by Gasteiger charge is -2.21. The number of carbonyl (C=O) groups is 1. The Kier molecular flexibility index (Phi) is 12.0. The van der Waals surface area contributed by atoms with Gasteiger partial charge in [-0.2, -0.15) is 0 Å². The summed E-state index contributed by atoms with van der Waals surface area (Å²) in [6.45, 7) is 7.02. The van der Waals surface area contributed by atoms with E-state index in [9.17, 15) is 4.79 Å². The van der Waals surface area contributed by atoms with Gasteiger partial charge in [0.05, 0.1) is 0 Å². The molecule has 1 aromatic carbocycles. The highest BCUT2D eigenvalue weighted by Crippen LogP contribution is 2.09. The first-order chi connectivity index (χ1) is 11.1. The van der Waals surface area contributed by atoms with Crippen molar-refractivity contribution in [3.05, 3.63) is 42.5 Å². The molecular formula is C18H29IN4O. The zero-order valence-electron chi connectivity index (χ0n) is 14.8. The van der Waals surface area contributed by atoms with Gasteiger partial charge in [-0.05, 0) is 37.0 Å². The van der Waals surface area contributed by atoms with Crippen molar-refractivity contribution in [3.63, 3.8) is 0 Å². The van der Waals surface area contributed by atoms with E-state index in [1.807, 2.05) is 37.4 Å². The Morgan fingerprint density at radius 1 is 1.33 bits per heavy atom. The van der Waals surface area contributed by atoms with Crippen molar-refractivity contribution < 1.29 is 4.79 Å². The first-order valence-corrected chi connectivity index (χ1v) is 7.96. The Hall–Kier alpha value is -1.57. The van der Waals surface area contributed by atoms with E-state index in [0.717, 1.165) is 44.0 Å². The number of benzene rings is 1. The molecular weight excluding hydrogens is 415 g/mol. The van der Waals surface area contributed by atoms with Crippen molar-refractivity contribution in [2.45, 2.75) is 26.2 Å². The van der Waals surface area contributed by atoms with Crippen LogP contribution in [0, 0.1) is 0 Å². The van der Waals surface area contributed by atoms with E-state index >= 15 is 0 Å². The van der Waals surface area contributed by atoms with E-state index in [1.54, 1.807) is 7.05 Å². The number of allylic oxidation sites excluding steroid dienone is 1. The molecule has 0 aliphatic heterocycles. The molecule has 0 atom stereocenters. The molecule has 0 aliphatic rings. The fourth-order valence-electron chi connectivity index (χ4n) is 2.24. The number of hydrogen-bond acceptors (Lipinski definition) is 2. The topological polar surface area (TPSA) is 56.7 Å². The fourth-order valence-corrected chi connectivity index (χ4v) is 2.24. The maximum Gasteiger partial charge on any atom is 0.221 e. The molecule has 2 N–H and O–H groups in total. The highest BCUT2D eigenvalue weighted by molar-refractivity contribution is 14.0. The summed E-state index contributed by atoms with van der Waals surface area (Å²) in [5.74, 6) is 0.853. The normalized spacial score (nSPS) is 10.5. The third-order valence-electron chi connectivity index (χ3n) is 3.45. The second kappa shape index (κ2) is 12.8. The van der Waals surface area contributed by atoms with Gasteiger partial charge in [-0.25, -0.2) is 0 Å². The van der Waals surface area contributed by atoms with Crippen LogP contribution < -0.4 is 10.6 Å². The third-order valence-corrected chi connectivity index (χ3v) is 3.45. The summed E-state index contributed by atoms with van der Waals surface area (Å²) in [7, 11) is 3.84. The number of hydrogen-bond donors (Lipinski definition) is 2. The molecule has 0 unspecified atom stereocenters. The van der Waals surface area contributed by atoms with E-state index in [1.165, 1.54) is 12.5 Å². The lowest BCUT2D eigenvalue weighted by molar-refractivity contribution is -0.114. The molecule has 0 saturated carbocycles. The average Bonchev–Trinajstić information content (AvgIpc) is 2.52. The Balaban J connectivity index is 0.00000529. The van der Waals surface area contributed by atoms with Crippen LogP contribution in [-0.4, -0.2) is 44.0 Å². The van der Waals surface area contributed by atoms with Gasteiger partial charge < -0.3 is 15.5 Å². The smallest absolute Gasteiger partial charge is 0.221 e. The summed E-state index contributed by atoms with van der Waals surface area (Å²) >= 11 is 0. The van der Waals surface area contributed by atoms with E-state index in [4.69, 9.17) is 0 Å². The molecule has 6 heteroatoms. The predicted molar refractivity (Wildman–Crippen MR) is 113 cm³/mol. The number of rotatable bonds is 8. The lowest BCUT2D eigenvalue weighted by Crippen LogP contribution is -2.40. The van der Waals surface area contributed by atoms with Crippen LogP contribution in [-0.2, 0) is 11.2 Å². The number of nitrogens with one attached hydrogen (secondary N) is 2. The molecule has 5 nitrogen and oxygen atoms in total. The van der Waals surface area contributed by atoms with E-state index in [0.29, 0.717) is 0 Å². The molecule has 1 amide bonds. The van der Waals surface area contributed by atoms with Crippen molar-refractivity contribution in [2.75, 3.05) is 32.5 Å². The van der Waals surface area contributed by atoms with Crippen LogP contribution in [0.1, 0.15) is 25.3 Å². The van der Waals surface area contributed by atoms with Gasteiger partial charge in [-0.15, -0.1) is 30.6 Å². The fraction of sp³-hybridized carbons (Fsp3) is 0.444. The lowest BCUT2D eigenvalue weighted by atomic mass is 10.1. The van der Waals surface area contributed by atoms with Crippen molar-refractivity contribution in [1.82, 2.24) is 10.2 Å². The maximum atomic E-state index is 11.0. The van der Waals surface area contributed by atoms with Gasteiger partial charge in [-0.3, -0.25) is 9.79 Å². The molecule has 0 bridgehead atoms. The van der Waals surface area contributed by atoms with Crippen LogP contribution in [0.15, 0.2) is 41.9 Å². The Morgan fingerprint density at radius 3 is 2.54 bits per heavy atom. The second-order valence-electron chi connectivity index (χ2n) is 5.45. The van der Waals surface area contributed by atoms with E-state index in [2.05, 4.69) is 27.1 Å². The summed E-state index contributed by atoms with van der Waals surface area (Å²) in [5, 5.41) is 6.14. The SMILES string of the molecule is C=CCCCN(C)C(=NC)NCCc1ccc(NC(C)=O)cc1.I. The molecule has 0 fully saturated rings. The monoisotopic (exact) mass is 444 g/mol. The zero-order valence-corrected chi connectivity index (χ0v) is 17.2. The number of guanidine groups is 1. The van der Waals surface area contributed by atoms with Crippen LogP contribution in [0.5, 0.6) is 0 Å². The van der Waals surface area contributed by atoms with Crippen LogP contribution in [0.3, 0.4) is 0 Å². The van der Waals surface area contributed by atoms with Gasteiger partial charge in [0.2, 0.25) is 5.91 Å². The molecule has 24 heavy (non-hydrogen) atoms. The van der Waals surface area contributed by atoms with Crippen molar-refractivity contribution in [2.24, 2.45) is 4.99 Å². The molecule has 0 aliphatic carbocycles. The number of anilines is 1. The van der Waals surface area contributed by atoms with Gasteiger partial charge in [0.1, 0.15) is 0 Å². The summed E-state index contributed by atoms with van der Waals surface area (Å²) in [6, 6.07) is 7.91. The van der Waals surface area contributed by atoms with Crippen molar-refractivity contribution >= 4 is 41.5 Å². The van der Waals surface area contributed by atoms with Crippen molar-refractivity contribution in [1.29, 1.82) is 0 Å². The van der Waals surface area contributed by atoms with Crippen LogP contribution in [0.2, 0.25) is 0 Å². The standard InChI is InChI=1S/C18H28N4O.HI/c1-5-6-7-14-22(4)18(19-3)20-13-12-16-8-10-17(11-9-16)21-15(2)23;/h5,8-11H,1,6-7,12-14H2,2-4H3,(H,19,20)(H,21,23);1H. The number of carbonyl (C=O) groups excluding carboxylic acids is 1. The number of amides is 1. The molecule has 0 heterocycles. The number of nitrogens with zero attached hydrogens (tertiary/aromatic N) is 2. The maximum absolute atomic E-state index is 11.0. The zero-order chi connectivity index (χ0) is 17.1. The first kappa shape index (κ1) is 22.4. The quantitative estimate of drug-likeness (QED) is 0.213. The Bertz CT molecular complexity index is 528. The van der Waals surface area contributed by atoms with E-state index in [-0.39, 0.29) is 29.9 Å². The average molecular weight is 444 g/mol. The highest BCUT2D eigenvalue weighted by atomic mass is 127. The minimum Gasteiger partial charge on any atom is -0.356 e. The summed E-state index contributed by atoms with van der Waals surface area (Å²) < 4.78 is 0. The molecule has 0 aromatic heterocycles. The summed E-state index contributed by atoms with van der Waals surface area (Å²) in [5.41, 5.74) is 2.04. The number of halogens is 1. The molecule has 0 spiro atoms. The molecule has 1 aromatic rings. The summed E-state index contributed by atoms with van der Waals surface area (Å²) in [6.07, 6.45) is 4.93. The van der Waals surface area contributed by atoms with Gasteiger partial charge >= 0.3 is 0 Å². The molecule has 0 saturated heterocycles. The van der Waals surface area contributed by atoms with E-state index < -0.39 is 0 Å². The first-order valence-electron chi connectivity index (χ1n) is 7.96. The van der Waals surface area contributed by atoms with Gasteiger partial charge in [0.15, 0.2) is 5.96 Å². The van der Waals surface area contributed by atoms with Crippen LogP contribution in [0.4, 0.5) is 5.69 Å². The Labute approximate surface area is 162 Å². The summed E-state index contributed by atoms with van der Waals surface area (Å²) in [4.78, 5) is 17.4. The largest absolute Gasteiger partial charge is 0.356 e. The van der Waals surface area contributed by atoms with Crippen LogP contribution >= 0.6 is 24.0 Å². The predicted octanol–water partition coefficient (Wildman–Crippen LogP) is 3.28. The third kappa shape index (κ3) is 8.90. The van der Waals surface area contributed by atoms with Gasteiger partial charge in [0, 0.05) is 39.8 Å². The van der Waals surface area contributed by atoms with Crippen LogP contribution in [0.25, 0.3) is 0 Å².